The summed E-state index contributed by atoms with van der Waals surface area (Å²) in [6, 6.07) is 10.6. The fourth-order valence-corrected chi connectivity index (χ4v) is 3.20. The number of hydrogen-bond acceptors (Lipinski definition) is 3. The fourth-order valence-electron chi connectivity index (χ4n) is 3.20. The molecule has 2 heterocycles. The maximum Gasteiger partial charge on any atom is 0.0956 e. The standard InChI is InChI=1S/C17H16N4/c18-14-2-3-15-13(9-14)1-4-16(15)21-11-20-10-17(21)12-5-7-19-8-6-12/h2-3,5-11,16H,1,4,18H2. The van der Waals surface area contributed by atoms with Crippen molar-refractivity contribution in [3.63, 3.8) is 0 Å². The van der Waals surface area contributed by atoms with Gasteiger partial charge in [0.15, 0.2) is 0 Å². The van der Waals surface area contributed by atoms with E-state index < -0.39 is 0 Å². The minimum absolute atomic E-state index is 0.339. The predicted molar refractivity (Wildman–Crippen MR) is 82.8 cm³/mol. The summed E-state index contributed by atoms with van der Waals surface area (Å²) in [7, 11) is 0. The molecule has 0 fully saturated rings. The number of imidazole rings is 1. The second kappa shape index (κ2) is 4.74. The highest BCUT2D eigenvalue weighted by molar-refractivity contribution is 5.59. The van der Waals surface area contributed by atoms with Crippen molar-refractivity contribution < 1.29 is 0 Å². The lowest BCUT2D eigenvalue weighted by Gasteiger charge is -2.17. The Morgan fingerprint density at radius 3 is 2.81 bits per heavy atom. The number of pyridine rings is 1. The van der Waals surface area contributed by atoms with Gasteiger partial charge >= 0.3 is 0 Å². The Morgan fingerprint density at radius 1 is 1.10 bits per heavy atom. The summed E-state index contributed by atoms with van der Waals surface area (Å²) in [5, 5.41) is 0. The van der Waals surface area contributed by atoms with E-state index in [1.54, 1.807) is 0 Å². The summed E-state index contributed by atoms with van der Waals surface area (Å²) in [6.45, 7) is 0. The first-order valence-electron chi connectivity index (χ1n) is 7.13. The summed E-state index contributed by atoms with van der Waals surface area (Å²) in [5.41, 5.74) is 11.7. The van der Waals surface area contributed by atoms with Gasteiger partial charge in [-0.1, -0.05) is 6.07 Å². The number of fused-ring (bicyclic) bond motifs is 1. The number of nitrogens with zero attached hydrogens (tertiary/aromatic N) is 3. The highest BCUT2D eigenvalue weighted by atomic mass is 15.1. The van der Waals surface area contributed by atoms with Crippen LogP contribution in [0.15, 0.2) is 55.2 Å². The van der Waals surface area contributed by atoms with Gasteiger partial charge in [0, 0.05) is 23.6 Å². The first-order chi connectivity index (χ1) is 10.3. The van der Waals surface area contributed by atoms with Gasteiger partial charge in [-0.2, -0.15) is 0 Å². The zero-order chi connectivity index (χ0) is 14.2. The average Bonchev–Trinajstić information content (AvgIpc) is 3.13. The number of nitrogens with two attached hydrogens (primary N) is 1. The highest BCUT2D eigenvalue weighted by Gasteiger charge is 2.25. The van der Waals surface area contributed by atoms with Gasteiger partial charge in [0.1, 0.15) is 0 Å². The van der Waals surface area contributed by atoms with Crippen molar-refractivity contribution in [3.8, 4) is 11.3 Å². The molecular weight excluding hydrogens is 260 g/mol. The minimum atomic E-state index is 0.339. The topological polar surface area (TPSA) is 56.7 Å². The Balaban J connectivity index is 1.79. The Bertz CT molecular complexity index is 776. The Hall–Kier alpha value is -2.62. The third-order valence-corrected chi connectivity index (χ3v) is 4.19. The van der Waals surface area contributed by atoms with E-state index in [1.165, 1.54) is 11.1 Å². The Labute approximate surface area is 123 Å². The quantitative estimate of drug-likeness (QED) is 0.732. The van der Waals surface area contributed by atoms with E-state index >= 15 is 0 Å². The molecule has 21 heavy (non-hydrogen) atoms. The van der Waals surface area contributed by atoms with Crippen LogP contribution in [0, 0.1) is 0 Å². The summed E-state index contributed by atoms with van der Waals surface area (Å²) >= 11 is 0. The minimum Gasteiger partial charge on any atom is -0.399 e. The van der Waals surface area contributed by atoms with Gasteiger partial charge in [0.2, 0.25) is 0 Å². The van der Waals surface area contributed by atoms with Gasteiger partial charge in [0.05, 0.1) is 24.3 Å². The molecule has 1 unspecified atom stereocenters. The molecule has 0 radical (unpaired) electrons. The molecule has 1 aliphatic rings. The van der Waals surface area contributed by atoms with Gasteiger partial charge < -0.3 is 10.3 Å². The highest BCUT2D eigenvalue weighted by Crippen LogP contribution is 2.37. The number of anilines is 1. The third kappa shape index (κ3) is 2.00. The normalized spacial score (nSPS) is 16.9. The molecule has 2 aromatic heterocycles. The lowest BCUT2D eigenvalue weighted by molar-refractivity contribution is 0.584. The third-order valence-electron chi connectivity index (χ3n) is 4.19. The second-order valence-corrected chi connectivity index (χ2v) is 5.43. The molecule has 4 nitrogen and oxygen atoms in total. The number of benzene rings is 1. The fraction of sp³-hybridized carbons (Fsp3) is 0.176. The van der Waals surface area contributed by atoms with Crippen LogP contribution >= 0.6 is 0 Å². The molecule has 0 saturated heterocycles. The van der Waals surface area contributed by atoms with E-state index in [1.807, 2.05) is 43.1 Å². The zero-order valence-electron chi connectivity index (χ0n) is 11.6. The van der Waals surface area contributed by atoms with Crippen LogP contribution in [0.3, 0.4) is 0 Å². The van der Waals surface area contributed by atoms with Crippen molar-refractivity contribution in [3.05, 3.63) is 66.4 Å². The van der Waals surface area contributed by atoms with Crippen molar-refractivity contribution in [1.29, 1.82) is 0 Å². The van der Waals surface area contributed by atoms with Crippen LogP contribution in [0.2, 0.25) is 0 Å². The first-order valence-corrected chi connectivity index (χ1v) is 7.13. The molecule has 1 atom stereocenters. The smallest absolute Gasteiger partial charge is 0.0956 e. The van der Waals surface area contributed by atoms with Crippen molar-refractivity contribution >= 4 is 5.69 Å². The molecular formula is C17H16N4. The van der Waals surface area contributed by atoms with E-state index in [0.717, 1.165) is 29.8 Å². The maximum absolute atomic E-state index is 5.89. The van der Waals surface area contributed by atoms with E-state index in [4.69, 9.17) is 5.73 Å². The molecule has 0 spiro atoms. The lowest BCUT2D eigenvalue weighted by atomic mass is 10.1. The molecule has 104 valence electrons. The first kappa shape index (κ1) is 12.1. The van der Waals surface area contributed by atoms with Crippen LogP contribution in [0.1, 0.15) is 23.6 Å². The van der Waals surface area contributed by atoms with Gasteiger partial charge in [-0.15, -0.1) is 0 Å². The van der Waals surface area contributed by atoms with Crippen LogP contribution < -0.4 is 5.73 Å². The number of aromatic nitrogens is 3. The molecule has 0 aliphatic heterocycles. The molecule has 4 rings (SSSR count). The van der Waals surface area contributed by atoms with Crippen LogP contribution in [0.5, 0.6) is 0 Å². The Kier molecular flexibility index (Phi) is 2.74. The van der Waals surface area contributed by atoms with Crippen LogP contribution in [0.25, 0.3) is 11.3 Å². The average molecular weight is 276 g/mol. The summed E-state index contributed by atoms with van der Waals surface area (Å²) in [6.07, 6.45) is 9.63. The lowest BCUT2D eigenvalue weighted by Crippen LogP contribution is -2.07. The molecule has 0 saturated carbocycles. The van der Waals surface area contributed by atoms with Gasteiger partial charge in [-0.05, 0) is 48.2 Å². The predicted octanol–water partition coefficient (Wildman–Crippen LogP) is 3.06. The summed E-state index contributed by atoms with van der Waals surface area (Å²) < 4.78 is 2.26. The van der Waals surface area contributed by atoms with Crippen LogP contribution in [-0.4, -0.2) is 14.5 Å². The number of aryl methyl sites for hydroxylation is 1. The molecule has 2 N–H and O–H groups in total. The second-order valence-electron chi connectivity index (χ2n) is 5.43. The maximum atomic E-state index is 5.89. The molecule has 4 heteroatoms. The van der Waals surface area contributed by atoms with E-state index in [2.05, 4.69) is 26.7 Å². The number of nitrogen functional groups attached to an aromatic ring is 1. The van der Waals surface area contributed by atoms with Gasteiger partial charge in [-0.25, -0.2) is 4.98 Å². The van der Waals surface area contributed by atoms with E-state index in [9.17, 15) is 0 Å². The van der Waals surface area contributed by atoms with Crippen molar-refractivity contribution in [2.75, 3.05) is 5.73 Å². The monoisotopic (exact) mass is 276 g/mol. The van der Waals surface area contributed by atoms with Crippen molar-refractivity contribution in [2.45, 2.75) is 18.9 Å². The molecule has 1 aliphatic carbocycles. The van der Waals surface area contributed by atoms with E-state index in [0.29, 0.717) is 6.04 Å². The molecule has 3 aromatic rings. The Morgan fingerprint density at radius 2 is 1.95 bits per heavy atom. The van der Waals surface area contributed by atoms with Crippen LogP contribution in [0.4, 0.5) is 5.69 Å². The van der Waals surface area contributed by atoms with E-state index in [-0.39, 0.29) is 0 Å². The molecule has 1 aromatic carbocycles. The molecule has 0 amide bonds. The van der Waals surface area contributed by atoms with Crippen molar-refractivity contribution in [2.24, 2.45) is 0 Å². The van der Waals surface area contributed by atoms with Crippen molar-refractivity contribution in [1.82, 2.24) is 14.5 Å². The number of hydrogen-bond donors (Lipinski definition) is 1. The molecule has 0 bridgehead atoms. The van der Waals surface area contributed by atoms with Gasteiger partial charge in [0.25, 0.3) is 0 Å². The zero-order valence-corrected chi connectivity index (χ0v) is 11.6. The van der Waals surface area contributed by atoms with Gasteiger partial charge in [-0.3, -0.25) is 4.98 Å². The largest absolute Gasteiger partial charge is 0.399 e. The SMILES string of the molecule is Nc1ccc2c(c1)CCC2n1cncc1-c1ccncc1. The number of rotatable bonds is 2. The summed E-state index contributed by atoms with van der Waals surface area (Å²) in [4.78, 5) is 8.44. The van der Waals surface area contributed by atoms with Crippen LogP contribution in [-0.2, 0) is 6.42 Å². The summed E-state index contributed by atoms with van der Waals surface area (Å²) in [5.74, 6) is 0.